The minimum atomic E-state index is -2.04. The highest BCUT2D eigenvalue weighted by Crippen LogP contribution is 2.09. The largest absolute Gasteiger partial charge is 0.411 e. The van der Waals surface area contributed by atoms with Gasteiger partial charge in [0.1, 0.15) is 0 Å². The van der Waals surface area contributed by atoms with Gasteiger partial charge in [-0.05, 0) is 46.0 Å². The second-order valence-electron chi connectivity index (χ2n) is 8.52. The molecule has 3 aromatic carbocycles. The first-order valence-corrected chi connectivity index (χ1v) is 13.1. The molecule has 0 spiro atoms. The molecule has 0 N–H and O–H groups in total. The molecule has 3 aromatic rings. The normalized spacial score (nSPS) is 11.7. The first-order chi connectivity index (χ1) is 13.3. The topological polar surface area (TPSA) is 9.23 Å². The van der Waals surface area contributed by atoms with E-state index < -0.39 is 8.32 Å². The Morgan fingerprint density at radius 2 is 1.18 bits per heavy atom. The summed E-state index contributed by atoms with van der Waals surface area (Å²) >= 11 is 0. The number of rotatable bonds is 6. The van der Waals surface area contributed by atoms with Crippen LogP contribution in [-0.2, 0) is 4.43 Å². The van der Waals surface area contributed by atoms with Crippen molar-refractivity contribution in [3.8, 4) is 0 Å². The minimum Gasteiger partial charge on any atom is -0.411 e. The minimum absolute atomic E-state index is 0.208. The number of aryl methyl sites for hydroxylation is 2. The van der Waals surface area contributed by atoms with Crippen LogP contribution in [0.1, 0.15) is 25.0 Å². The Bertz CT molecular complexity index is 869. The van der Waals surface area contributed by atoms with E-state index in [2.05, 4.69) is 114 Å². The molecule has 0 saturated carbocycles. The fraction of sp³-hybridized carbons (Fsp3) is 0.280. The molecule has 0 aliphatic carbocycles. The van der Waals surface area contributed by atoms with Gasteiger partial charge in [0.15, 0.2) is 0 Å². The third-order valence-corrected chi connectivity index (χ3v) is 8.09. The summed E-state index contributed by atoms with van der Waals surface area (Å²) in [6.45, 7) is 13.4. The molecule has 0 aliphatic heterocycles. The van der Waals surface area contributed by atoms with Crippen LogP contribution >= 0.6 is 0 Å². The molecule has 1 nitrogen and oxygen atoms in total. The molecule has 0 bridgehead atoms. The second kappa shape index (κ2) is 8.50. The lowest BCUT2D eigenvalue weighted by Crippen LogP contribution is -2.63. The van der Waals surface area contributed by atoms with E-state index in [1.165, 1.54) is 32.7 Å². The average Bonchev–Trinajstić information content (AvgIpc) is 2.64. The van der Waals surface area contributed by atoms with Crippen molar-refractivity contribution in [2.75, 3.05) is 0 Å². The van der Waals surface area contributed by atoms with Gasteiger partial charge >= 0.3 is 0 Å². The first kappa shape index (κ1) is 20.6. The first-order valence-electron chi connectivity index (χ1n) is 10.2. The maximum atomic E-state index is 6.46. The van der Waals surface area contributed by atoms with Crippen LogP contribution in [0.3, 0.4) is 0 Å². The van der Waals surface area contributed by atoms with Crippen molar-refractivity contribution in [2.45, 2.75) is 46.9 Å². The van der Waals surface area contributed by atoms with Crippen molar-refractivity contribution >= 4 is 36.6 Å². The summed E-state index contributed by atoms with van der Waals surface area (Å²) in [5, 5.41) is 1.38. The predicted octanol–water partition coefficient (Wildman–Crippen LogP) is 3.66. The van der Waals surface area contributed by atoms with Gasteiger partial charge in [0.05, 0.1) is 0 Å². The molecule has 0 fully saturated rings. The number of hydrogen-bond donors (Lipinski definition) is 0. The van der Waals surface area contributed by atoms with Crippen LogP contribution in [0.25, 0.3) is 0 Å². The third-order valence-electron chi connectivity index (χ3n) is 5.27. The highest BCUT2D eigenvalue weighted by molar-refractivity contribution is 7.00. The highest BCUT2D eigenvalue weighted by atomic mass is 28.4. The van der Waals surface area contributed by atoms with E-state index in [0.717, 1.165) is 0 Å². The summed E-state index contributed by atoms with van der Waals surface area (Å²) in [5.74, 6) is 0. The Kier molecular flexibility index (Phi) is 6.27. The van der Waals surface area contributed by atoms with Crippen molar-refractivity contribution < 1.29 is 4.43 Å². The van der Waals surface area contributed by atoms with Crippen LogP contribution in [0, 0.1) is 13.8 Å². The van der Waals surface area contributed by atoms with Gasteiger partial charge < -0.3 is 4.43 Å². The molecule has 3 heteroatoms. The predicted molar refractivity (Wildman–Crippen MR) is 127 cm³/mol. The van der Waals surface area contributed by atoms with Gasteiger partial charge in [0.2, 0.25) is 15.0 Å². The standard InChI is InChI=1S/C25H31BOSi/c1-19(2)27-28(5,6)25-10-8-7-9-24(25)26(22-15-11-20(3)12-16-22)23-17-13-21(4)14-18-23/h7-19H,1-6H3. The monoisotopic (exact) mass is 386 g/mol. The SMILES string of the molecule is Cc1ccc(B(c2ccc(C)cc2)c2ccccc2[Si](C)(C)OC(C)C)cc1. The van der Waals surface area contributed by atoms with Gasteiger partial charge in [-0.15, -0.1) is 0 Å². The molecular formula is C25H31BOSi. The van der Waals surface area contributed by atoms with E-state index in [4.69, 9.17) is 4.43 Å². The van der Waals surface area contributed by atoms with Crippen molar-refractivity contribution in [1.82, 2.24) is 0 Å². The molecule has 28 heavy (non-hydrogen) atoms. The summed E-state index contributed by atoms with van der Waals surface area (Å²) in [6, 6.07) is 26.8. The Morgan fingerprint density at radius 3 is 1.64 bits per heavy atom. The quantitative estimate of drug-likeness (QED) is 0.588. The molecule has 0 aromatic heterocycles. The molecule has 0 heterocycles. The zero-order chi connectivity index (χ0) is 20.3. The second-order valence-corrected chi connectivity index (χ2v) is 12.3. The Morgan fingerprint density at radius 1 is 0.714 bits per heavy atom. The molecule has 0 atom stereocenters. The van der Waals surface area contributed by atoms with Crippen molar-refractivity contribution in [3.63, 3.8) is 0 Å². The molecular weight excluding hydrogens is 355 g/mol. The van der Waals surface area contributed by atoms with E-state index in [9.17, 15) is 0 Å². The van der Waals surface area contributed by atoms with Gasteiger partial charge in [0.25, 0.3) is 0 Å². The van der Waals surface area contributed by atoms with E-state index in [0.29, 0.717) is 0 Å². The average molecular weight is 386 g/mol. The van der Waals surface area contributed by atoms with Crippen molar-refractivity contribution in [2.24, 2.45) is 0 Å². The Labute approximate surface area is 172 Å². The van der Waals surface area contributed by atoms with Gasteiger partial charge in [-0.1, -0.05) is 100 Å². The summed E-state index contributed by atoms with van der Waals surface area (Å²) < 4.78 is 6.46. The Balaban J connectivity index is 2.19. The maximum absolute atomic E-state index is 6.46. The van der Waals surface area contributed by atoms with Crippen molar-refractivity contribution in [1.29, 1.82) is 0 Å². The van der Waals surface area contributed by atoms with Gasteiger partial charge in [-0.3, -0.25) is 0 Å². The van der Waals surface area contributed by atoms with Gasteiger partial charge in [-0.25, -0.2) is 0 Å². The van der Waals surface area contributed by atoms with Gasteiger partial charge in [-0.2, -0.15) is 0 Å². The van der Waals surface area contributed by atoms with Crippen LogP contribution in [0.4, 0.5) is 0 Å². The molecule has 0 amide bonds. The number of benzene rings is 3. The lowest BCUT2D eigenvalue weighted by molar-refractivity contribution is 0.238. The van der Waals surface area contributed by atoms with Gasteiger partial charge in [0, 0.05) is 6.10 Å². The zero-order valence-corrected chi connectivity index (χ0v) is 19.0. The zero-order valence-electron chi connectivity index (χ0n) is 18.0. The van der Waals surface area contributed by atoms with Crippen LogP contribution in [0.2, 0.25) is 13.1 Å². The van der Waals surface area contributed by atoms with E-state index in [-0.39, 0.29) is 12.8 Å². The Hall–Kier alpha value is -2.10. The molecule has 3 rings (SSSR count). The van der Waals surface area contributed by atoms with E-state index >= 15 is 0 Å². The summed E-state index contributed by atoms with van der Waals surface area (Å²) in [7, 11) is -2.04. The molecule has 0 saturated heterocycles. The summed E-state index contributed by atoms with van der Waals surface area (Å²) in [5.41, 5.74) is 6.61. The molecule has 144 valence electrons. The van der Waals surface area contributed by atoms with Crippen LogP contribution in [0.5, 0.6) is 0 Å². The number of hydrogen-bond acceptors (Lipinski definition) is 1. The maximum Gasteiger partial charge on any atom is 0.241 e. The van der Waals surface area contributed by atoms with Crippen LogP contribution < -0.4 is 21.6 Å². The smallest absolute Gasteiger partial charge is 0.241 e. The van der Waals surface area contributed by atoms with E-state index in [1.54, 1.807) is 0 Å². The van der Waals surface area contributed by atoms with Crippen LogP contribution in [-0.4, -0.2) is 21.1 Å². The fourth-order valence-electron chi connectivity index (χ4n) is 4.02. The van der Waals surface area contributed by atoms with Crippen molar-refractivity contribution in [3.05, 3.63) is 83.9 Å². The van der Waals surface area contributed by atoms with E-state index in [1.807, 2.05) is 0 Å². The fourth-order valence-corrected chi connectivity index (χ4v) is 6.75. The summed E-state index contributed by atoms with van der Waals surface area (Å²) in [6.07, 6.45) is 0.229. The lowest BCUT2D eigenvalue weighted by Gasteiger charge is -2.30. The highest BCUT2D eigenvalue weighted by Gasteiger charge is 2.33. The van der Waals surface area contributed by atoms with Crippen LogP contribution in [0.15, 0.2) is 72.8 Å². The molecule has 0 unspecified atom stereocenters. The lowest BCUT2D eigenvalue weighted by atomic mass is 9.37. The summed E-state index contributed by atoms with van der Waals surface area (Å²) in [4.78, 5) is 0. The molecule has 0 aliphatic rings. The third kappa shape index (κ3) is 4.65. The molecule has 0 radical (unpaired) electrons.